The van der Waals surface area contributed by atoms with Crippen molar-refractivity contribution in [2.45, 2.75) is 0 Å². The number of hydrogen-bond donors (Lipinski definition) is 3. The molecule has 0 saturated heterocycles. The molecule has 0 aliphatic carbocycles. The first-order chi connectivity index (χ1) is 9.15. The zero-order valence-corrected chi connectivity index (χ0v) is 9.81. The number of carbonyl (C=O) groups is 2. The Kier molecular flexibility index (Phi) is 2.45. The SMILES string of the molecule is O=C1Nc2cc(C(=O)O)ccc2C1=Cc1ccc[nH]1. The quantitative estimate of drug-likeness (QED) is 0.718. The van der Waals surface area contributed by atoms with Crippen LogP contribution in [0.4, 0.5) is 5.69 Å². The van der Waals surface area contributed by atoms with Crippen molar-refractivity contribution in [3.8, 4) is 0 Å². The van der Waals surface area contributed by atoms with Crippen LogP contribution in [0.3, 0.4) is 0 Å². The van der Waals surface area contributed by atoms with Gasteiger partial charge in [0.1, 0.15) is 0 Å². The average Bonchev–Trinajstić information content (AvgIpc) is 2.98. The van der Waals surface area contributed by atoms with Crippen LogP contribution in [0.25, 0.3) is 11.6 Å². The Morgan fingerprint density at radius 1 is 1.26 bits per heavy atom. The summed E-state index contributed by atoms with van der Waals surface area (Å²) in [4.78, 5) is 25.8. The minimum absolute atomic E-state index is 0.153. The number of amides is 1. The maximum atomic E-state index is 11.9. The third kappa shape index (κ3) is 1.91. The molecule has 0 fully saturated rings. The molecule has 3 rings (SSSR count). The molecule has 0 radical (unpaired) electrons. The molecule has 94 valence electrons. The molecule has 0 saturated carbocycles. The van der Waals surface area contributed by atoms with Gasteiger partial charge in [0.25, 0.3) is 5.91 Å². The highest BCUT2D eigenvalue weighted by Crippen LogP contribution is 2.33. The van der Waals surface area contributed by atoms with Crippen molar-refractivity contribution in [1.29, 1.82) is 0 Å². The fraction of sp³-hybridized carbons (Fsp3) is 0. The highest BCUT2D eigenvalue weighted by atomic mass is 16.4. The minimum atomic E-state index is -1.01. The fourth-order valence-corrected chi connectivity index (χ4v) is 2.06. The van der Waals surface area contributed by atoms with Gasteiger partial charge in [-0.15, -0.1) is 0 Å². The Bertz CT molecular complexity index is 699. The van der Waals surface area contributed by atoms with Crippen LogP contribution in [0.5, 0.6) is 0 Å². The average molecular weight is 254 g/mol. The van der Waals surface area contributed by atoms with Crippen molar-refractivity contribution in [2.24, 2.45) is 0 Å². The molecule has 1 aliphatic heterocycles. The van der Waals surface area contributed by atoms with Crippen LogP contribution < -0.4 is 5.32 Å². The molecule has 1 aromatic carbocycles. The molecule has 0 spiro atoms. The molecule has 1 amide bonds. The first-order valence-electron chi connectivity index (χ1n) is 5.69. The largest absolute Gasteiger partial charge is 0.478 e. The summed E-state index contributed by atoms with van der Waals surface area (Å²) in [5, 5.41) is 11.6. The van der Waals surface area contributed by atoms with Crippen molar-refractivity contribution >= 4 is 29.2 Å². The summed E-state index contributed by atoms with van der Waals surface area (Å²) >= 11 is 0. The van der Waals surface area contributed by atoms with E-state index in [1.54, 1.807) is 18.3 Å². The Labute approximate surface area is 108 Å². The molecule has 0 unspecified atom stereocenters. The highest BCUT2D eigenvalue weighted by Gasteiger charge is 2.25. The number of nitrogens with one attached hydrogen (secondary N) is 2. The lowest BCUT2D eigenvalue weighted by atomic mass is 10.0. The van der Waals surface area contributed by atoms with E-state index in [4.69, 9.17) is 5.11 Å². The topological polar surface area (TPSA) is 82.2 Å². The number of H-pyrrole nitrogens is 1. The molecule has 2 heterocycles. The molecule has 19 heavy (non-hydrogen) atoms. The van der Waals surface area contributed by atoms with E-state index >= 15 is 0 Å². The van der Waals surface area contributed by atoms with Crippen molar-refractivity contribution in [3.05, 3.63) is 53.3 Å². The lowest BCUT2D eigenvalue weighted by Crippen LogP contribution is -2.04. The van der Waals surface area contributed by atoms with Crippen LogP contribution >= 0.6 is 0 Å². The van der Waals surface area contributed by atoms with Crippen molar-refractivity contribution < 1.29 is 14.7 Å². The number of aromatic amines is 1. The standard InChI is InChI=1S/C14H10N2O3/c17-13-11(7-9-2-1-5-15-9)10-4-3-8(14(18)19)6-12(10)16-13/h1-7,15H,(H,16,17)(H,18,19). The maximum absolute atomic E-state index is 11.9. The summed E-state index contributed by atoms with van der Waals surface area (Å²) in [5.74, 6) is -1.24. The normalized spacial score (nSPS) is 15.4. The van der Waals surface area contributed by atoms with Gasteiger partial charge >= 0.3 is 5.97 Å². The molecule has 5 heteroatoms. The van der Waals surface area contributed by atoms with Gasteiger partial charge in [-0.05, 0) is 30.3 Å². The minimum Gasteiger partial charge on any atom is -0.478 e. The third-order valence-electron chi connectivity index (χ3n) is 2.97. The number of benzene rings is 1. The van der Waals surface area contributed by atoms with Crippen LogP contribution in [-0.4, -0.2) is 22.0 Å². The number of aromatic nitrogens is 1. The van der Waals surface area contributed by atoms with Crippen LogP contribution in [0.2, 0.25) is 0 Å². The van der Waals surface area contributed by atoms with Gasteiger partial charge in [-0.25, -0.2) is 4.79 Å². The second-order valence-corrected chi connectivity index (χ2v) is 4.20. The smallest absolute Gasteiger partial charge is 0.335 e. The summed E-state index contributed by atoms with van der Waals surface area (Å²) in [5.41, 5.74) is 2.74. The number of rotatable bonds is 2. The maximum Gasteiger partial charge on any atom is 0.335 e. The Morgan fingerprint density at radius 3 is 2.79 bits per heavy atom. The van der Waals surface area contributed by atoms with Crippen molar-refractivity contribution in [3.63, 3.8) is 0 Å². The zero-order valence-electron chi connectivity index (χ0n) is 9.81. The van der Waals surface area contributed by atoms with E-state index in [-0.39, 0.29) is 11.5 Å². The van der Waals surface area contributed by atoms with Crippen molar-refractivity contribution in [1.82, 2.24) is 4.98 Å². The number of carbonyl (C=O) groups excluding carboxylic acids is 1. The molecular weight excluding hydrogens is 244 g/mol. The summed E-state index contributed by atoms with van der Waals surface area (Å²) in [6, 6.07) is 8.29. The fourth-order valence-electron chi connectivity index (χ4n) is 2.06. The van der Waals surface area contributed by atoms with Gasteiger partial charge in [0.15, 0.2) is 0 Å². The van der Waals surface area contributed by atoms with Crippen molar-refractivity contribution in [2.75, 3.05) is 5.32 Å². The molecular formula is C14H10N2O3. The highest BCUT2D eigenvalue weighted by molar-refractivity contribution is 6.35. The second kappa shape index (κ2) is 4.13. The number of fused-ring (bicyclic) bond motifs is 1. The van der Waals surface area contributed by atoms with E-state index in [0.29, 0.717) is 16.8 Å². The number of hydrogen-bond acceptors (Lipinski definition) is 2. The van der Waals surface area contributed by atoms with E-state index in [9.17, 15) is 9.59 Å². The number of aromatic carboxylic acids is 1. The summed E-state index contributed by atoms with van der Waals surface area (Å²) in [6.07, 6.45) is 3.51. The van der Waals surface area contributed by atoms with Gasteiger partial charge in [0.2, 0.25) is 0 Å². The predicted octanol–water partition coefficient (Wildman–Crippen LogP) is 2.21. The lowest BCUT2D eigenvalue weighted by Gasteiger charge is -2.00. The van der Waals surface area contributed by atoms with E-state index in [2.05, 4.69) is 10.3 Å². The Balaban J connectivity index is 2.08. The van der Waals surface area contributed by atoms with Gasteiger partial charge in [-0.2, -0.15) is 0 Å². The predicted molar refractivity (Wildman–Crippen MR) is 70.7 cm³/mol. The molecule has 5 nitrogen and oxygen atoms in total. The first-order valence-corrected chi connectivity index (χ1v) is 5.69. The van der Waals surface area contributed by atoms with E-state index < -0.39 is 5.97 Å². The summed E-state index contributed by atoms with van der Waals surface area (Å²) in [6.45, 7) is 0. The van der Waals surface area contributed by atoms with Gasteiger partial charge < -0.3 is 15.4 Å². The van der Waals surface area contributed by atoms with E-state index in [1.165, 1.54) is 12.1 Å². The van der Waals surface area contributed by atoms with E-state index in [0.717, 1.165) is 5.69 Å². The Morgan fingerprint density at radius 2 is 2.11 bits per heavy atom. The van der Waals surface area contributed by atoms with Crippen LogP contribution in [0.15, 0.2) is 36.5 Å². The monoisotopic (exact) mass is 254 g/mol. The molecule has 1 aliphatic rings. The van der Waals surface area contributed by atoms with Crippen LogP contribution in [-0.2, 0) is 4.79 Å². The molecule has 3 N–H and O–H groups in total. The number of carboxylic acids is 1. The molecule has 1 aromatic heterocycles. The zero-order chi connectivity index (χ0) is 13.4. The van der Waals surface area contributed by atoms with Gasteiger partial charge in [0, 0.05) is 23.1 Å². The third-order valence-corrected chi connectivity index (χ3v) is 2.97. The van der Waals surface area contributed by atoms with Gasteiger partial charge in [0.05, 0.1) is 11.1 Å². The van der Waals surface area contributed by atoms with Gasteiger partial charge in [-0.1, -0.05) is 6.07 Å². The number of carboxylic acid groups (broad SMARTS) is 1. The summed E-state index contributed by atoms with van der Waals surface area (Å²) in [7, 11) is 0. The second-order valence-electron chi connectivity index (χ2n) is 4.20. The van der Waals surface area contributed by atoms with Crippen LogP contribution in [0, 0.1) is 0 Å². The lowest BCUT2D eigenvalue weighted by molar-refractivity contribution is -0.110. The Hall–Kier alpha value is -2.82. The van der Waals surface area contributed by atoms with Gasteiger partial charge in [-0.3, -0.25) is 4.79 Å². The molecule has 2 aromatic rings. The number of anilines is 1. The first kappa shape index (κ1) is 11.3. The van der Waals surface area contributed by atoms with E-state index in [1.807, 2.05) is 12.1 Å². The van der Waals surface area contributed by atoms with Crippen LogP contribution in [0.1, 0.15) is 21.6 Å². The molecule has 0 atom stereocenters. The summed E-state index contributed by atoms with van der Waals surface area (Å²) < 4.78 is 0. The molecule has 0 bridgehead atoms.